The number of H-pyrrole nitrogens is 1. The molecular formula is C12H8N4O. The van der Waals surface area contributed by atoms with E-state index in [9.17, 15) is 4.79 Å². The Morgan fingerprint density at radius 2 is 2.18 bits per heavy atom. The Labute approximate surface area is 96.5 Å². The van der Waals surface area contributed by atoms with Crippen LogP contribution in [0.25, 0.3) is 10.8 Å². The fourth-order valence-electron chi connectivity index (χ4n) is 1.75. The van der Waals surface area contributed by atoms with Gasteiger partial charge in [-0.15, -0.1) is 0 Å². The van der Waals surface area contributed by atoms with Crippen LogP contribution in [0.15, 0.2) is 43.0 Å². The normalized spacial score (nSPS) is 10.6. The lowest BCUT2D eigenvalue weighted by molar-refractivity contribution is 0.103. The molecule has 2 aromatic heterocycles. The number of carbonyl (C=O) groups excluding carboxylic acids is 1. The van der Waals surface area contributed by atoms with E-state index in [1.807, 2.05) is 18.2 Å². The number of hydrogen-bond donors (Lipinski definition) is 1. The maximum absolute atomic E-state index is 12.2. The van der Waals surface area contributed by atoms with Gasteiger partial charge < -0.3 is 0 Å². The van der Waals surface area contributed by atoms with Gasteiger partial charge in [-0.3, -0.25) is 14.9 Å². The first kappa shape index (κ1) is 9.65. The first-order valence-electron chi connectivity index (χ1n) is 5.09. The molecule has 3 rings (SSSR count). The van der Waals surface area contributed by atoms with Crippen molar-refractivity contribution in [1.29, 1.82) is 0 Å². The topological polar surface area (TPSA) is 71.5 Å². The Balaban J connectivity index is 2.21. The van der Waals surface area contributed by atoms with Gasteiger partial charge in [-0.05, 0) is 11.5 Å². The highest BCUT2D eigenvalue weighted by atomic mass is 16.1. The smallest absolute Gasteiger partial charge is 0.230 e. The largest absolute Gasteiger partial charge is 0.285 e. The standard InChI is InChI=1S/C12H8N4O/c17-11(12-14-7-15-16-12)9-3-1-2-8-4-5-13-6-10(8)9/h1-7H,(H,14,15,16). The molecule has 2 heterocycles. The molecule has 0 radical (unpaired) electrons. The summed E-state index contributed by atoms with van der Waals surface area (Å²) in [6.07, 6.45) is 4.70. The van der Waals surface area contributed by atoms with Crippen molar-refractivity contribution < 1.29 is 4.79 Å². The SMILES string of the molecule is O=C(c1ncn[nH]1)c1cccc2ccncc12. The molecule has 0 aliphatic carbocycles. The van der Waals surface area contributed by atoms with Crippen LogP contribution in [0.3, 0.4) is 0 Å². The van der Waals surface area contributed by atoms with E-state index in [1.54, 1.807) is 18.5 Å². The summed E-state index contributed by atoms with van der Waals surface area (Å²) in [5, 5.41) is 8.04. The van der Waals surface area contributed by atoms with Gasteiger partial charge in [0.2, 0.25) is 5.78 Å². The second kappa shape index (κ2) is 3.79. The van der Waals surface area contributed by atoms with Crippen LogP contribution >= 0.6 is 0 Å². The predicted octanol–water partition coefficient (Wildman–Crippen LogP) is 1.58. The van der Waals surface area contributed by atoms with E-state index in [2.05, 4.69) is 20.2 Å². The molecule has 0 aliphatic rings. The number of rotatable bonds is 2. The number of aromatic amines is 1. The number of carbonyl (C=O) groups is 1. The minimum Gasteiger partial charge on any atom is -0.285 e. The molecule has 3 aromatic rings. The van der Waals surface area contributed by atoms with Gasteiger partial charge in [-0.25, -0.2) is 4.98 Å². The number of ketones is 1. The summed E-state index contributed by atoms with van der Waals surface area (Å²) in [7, 11) is 0. The highest BCUT2D eigenvalue weighted by Gasteiger charge is 2.14. The van der Waals surface area contributed by atoms with Gasteiger partial charge >= 0.3 is 0 Å². The van der Waals surface area contributed by atoms with Crippen molar-refractivity contribution >= 4 is 16.6 Å². The summed E-state index contributed by atoms with van der Waals surface area (Å²) in [6, 6.07) is 7.40. The second-order valence-corrected chi connectivity index (χ2v) is 3.57. The van der Waals surface area contributed by atoms with E-state index in [1.165, 1.54) is 6.33 Å². The molecular weight excluding hydrogens is 216 g/mol. The van der Waals surface area contributed by atoms with Crippen molar-refractivity contribution in [3.8, 4) is 0 Å². The Bertz CT molecular complexity index is 671. The van der Waals surface area contributed by atoms with Gasteiger partial charge in [0.25, 0.3) is 0 Å². The molecule has 0 fully saturated rings. The number of benzene rings is 1. The molecule has 1 N–H and O–H groups in total. The fraction of sp³-hybridized carbons (Fsp3) is 0. The third-order valence-corrected chi connectivity index (χ3v) is 2.56. The van der Waals surface area contributed by atoms with Crippen molar-refractivity contribution in [3.63, 3.8) is 0 Å². The van der Waals surface area contributed by atoms with E-state index in [-0.39, 0.29) is 11.6 Å². The van der Waals surface area contributed by atoms with Gasteiger partial charge in [0, 0.05) is 23.3 Å². The molecule has 5 nitrogen and oxygen atoms in total. The van der Waals surface area contributed by atoms with Crippen molar-refractivity contribution in [2.45, 2.75) is 0 Å². The summed E-state index contributed by atoms with van der Waals surface area (Å²) in [5.74, 6) is 0.0578. The summed E-state index contributed by atoms with van der Waals surface area (Å²) in [5.41, 5.74) is 0.576. The van der Waals surface area contributed by atoms with Crippen LogP contribution in [0.4, 0.5) is 0 Å². The summed E-state index contributed by atoms with van der Waals surface area (Å²) >= 11 is 0. The molecule has 0 spiro atoms. The van der Waals surface area contributed by atoms with Gasteiger partial charge in [0.1, 0.15) is 6.33 Å². The number of pyridine rings is 1. The Hall–Kier alpha value is -2.56. The van der Waals surface area contributed by atoms with Gasteiger partial charge in [0.15, 0.2) is 5.82 Å². The van der Waals surface area contributed by atoms with Gasteiger partial charge in [-0.2, -0.15) is 5.10 Å². The van der Waals surface area contributed by atoms with Crippen LogP contribution in [-0.4, -0.2) is 25.9 Å². The molecule has 5 heteroatoms. The third kappa shape index (κ3) is 1.57. The highest BCUT2D eigenvalue weighted by molar-refractivity contribution is 6.14. The van der Waals surface area contributed by atoms with E-state index >= 15 is 0 Å². The molecule has 17 heavy (non-hydrogen) atoms. The molecule has 0 saturated carbocycles. The van der Waals surface area contributed by atoms with E-state index in [0.717, 1.165) is 10.8 Å². The number of fused-ring (bicyclic) bond motifs is 1. The monoisotopic (exact) mass is 224 g/mol. The van der Waals surface area contributed by atoms with E-state index in [4.69, 9.17) is 0 Å². The lowest BCUT2D eigenvalue weighted by Crippen LogP contribution is -2.04. The zero-order valence-electron chi connectivity index (χ0n) is 8.79. The van der Waals surface area contributed by atoms with Crippen molar-refractivity contribution in [2.24, 2.45) is 0 Å². The maximum Gasteiger partial charge on any atom is 0.230 e. The molecule has 0 atom stereocenters. The van der Waals surface area contributed by atoms with Crippen LogP contribution in [-0.2, 0) is 0 Å². The van der Waals surface area contributed by atoms with E-state index < -0.39 is 0 Å². The zero-order chi connectivity index (χ0) is 11.7. The average molecular weight is 224 g/mol. The maximum atomic E-state index is 12.2. The van der Waals surface area contributed by atoms with Gasteiger partial charge in [0.05, 0.1) is 0 Å². The average Bonchev–Trinajstić information content (AvgIpc) is 2.91. The zero-order valence-corrected chi connectivity index (χ0v) is 8.79. The van der Waals surface area contributed by atoms with Crippen LogP contribution in [0, 0.1) is 0 Å². The minimum absolute atomic E-state index is 0.180. The molecule has 0 unspecified atom stereocenters. The Morgan fingerprint density at radius 1 is 1.24 bits per heavy atom. The predicted molar refractivity (Wildman–Crippen MR) is 61.6 cm³/mol. The number of aromatic nitrogens is 4. The summed E-state index contributed by atoms with van der Waals surface area (Å²) in [4.78, 5) is 20.1. The van der Waals surface area contributed by atoms with Crippen LogP contribution in [0.1, 0.15) is 16.2 Å². The first-order valence-corrected chi connectivity index (χ1v) is 5.09. The molecule has 82 valence electrons. The summed E-state index contributed by atoms with van der Waals surface area (Å²) in [6.45, 7) is 0. The van der Waals surface area contributed by atoms with Crippen LogP contribution < -0.4 is 0 Å². The lowest BCUT2D eigenvalue weighted by Gasteiger charge is -2.02. The van der Waals surface area contributed by atoms with Gasteiger partial charge in [-0.1, -0.05) is 18.2 Å². The van der Waals surface area contributed by atoms with Crippen LogP contribution in [0.2, 0.25) is 0 Å². The minimum atomic E-state index is -0.180. The number of hydrogen-bond acceptors (Lipinski definition) is 4. The lowest BCUT2D eigenvalue weighted by atomic mass is 10.0. The second-order valence-electron chi connectivity index (χ2n) is 3.57. The van der Waals surface area contributed by atoms with Crippen molar-refractivity contribution in [2.75, 3.05) is 0 Å². The Morgan fingerprint density at radius 3 is 3.00 bits per heavy atom. The van der Waals surface area contributed by atoms with E-state index in [0.29, 0.717) is 5.56 Å². The Kier molecular flexibility index (Phi) is 2.15. The van der Waals surface area contributed by atoms with Crippen LogP contribution in [0.5, 0.6) is 0 Å². The van der Waals surface area contributed by atoms with Crippen molar-refractivity contribution in [1.82, 2.24) is 20.2 Å². The number of nitrogens with one attached hydrogen (secondary N) is 1. The molecule has 1 aromatic carbocycles. The number of nitrogens with zero attached hydrogens (tertiary/aromatic N) is 3. The summed E-state index contributed by atoms with van der Waals surface area (Å²) < 4.78 is 0. The quantitative estimate of drug-likeness (QED) is 0.671. The van der Waals surface area contributed by atoms with Crippen molar-refractivity contribution in [3.05, 3.63) is 54.4 Å². The third-order valence-electron chi connectivity index (χ3n) is 2.56. The molecule has 0 amide bonds. The molecule has 0 bridgehead atoms. The molecule has 0 saturated heterocycles. The fourth-order valence-corrected chi connectivity index (χ4v) is 1.75. The highest BCUT2D eigenvalue weighted by Crippen LogP contribution is 2.19. The first-order chi connectivity index (χ1) is 8.36. The molecule has 0 aliphatic heterocycles.